The van der Waals surface area contributed by atoms with Crippen molar-refractivity contribution in [2.75, 3.05) is 13.1 Å². The number of likely N-dealkylation sites (tertiary alicyclic amines) is 1. The first-order valence-corrected chi connectivity index (χ1v) is 8.31. The maximum atomic E-state index is 15.4. The fraction of sp³-hybridized carbons (Fsp3) is 0.529. The van der Waals surface area contributed by atoms with Crippen LogP contribution in [-0.2, 0) is 5.67 Å². The Hall–Kier alpha value is -2.31. The second-order valence-electron chi connectivity index (χ2n) is 6.70. The SMILES string of the molecule is Cc1cccnc1C(=O)N1CCCC(F)(c2nc(C3CC3)no2)C1. The van der Waals surface area contributed by atoms with Crippen LogP contribution in [-0.4, -0.2) is 39.0 Å². The third kappa shape index (κ3) is 2.68. The van der Waals surface area contributed by atoms with Gasteiger partial charge in [-0.15, -0.1) is 0 Å². The average molecular weight is 330 g/mol. The highest BCUT2D eigenvalue weighted by Gasteiger charge is 2.45. The molecule has 1 aliphatic carbocycles. The highest BCUT2D eigenvalue weighted by molar-refractivity contribution is 5.93. The maximum Gasteiger partial charge on any atom is 0.272 e. The lowest BCUT2D eigenvalue weighted by atomic mass is 9.94. The first-order valence-electron chi connectivity index (χ1n) is 8.31. The van der Waals surface area contributed by atoms with E-state index >= 15 is 4.39 Å². The Kier molecular flexibility index (Phi) is 3.58. The van der Waals surface area contributed by atoms with Gasteiger partial charge in [0, 0.05) is 18.7 Å². The number of amides is 1. The maximum absolute atomic E-state index is 15.4. The number of carbonyl (C=O) groups is 1. The summed E-state index contributed by atoms with van der Waals surface area (Å²) in [5, 5.41) is 3.90. The Morgan fingerprint density at radius 1 is 1.46 bits per heavy atom. The number of halogens is 1. The molecule has 0 N–H and O–H groups in total. The molecular weight excluding hydrogens is 311 g/mol. The summed E-state index contributed by atoms with van der Waals surface area (Å²) in [5.41, 5.74) is -0.631. The summed E-state index contributed by atoms with van der Waals surface area (Å²) >= 11 is 0. The molecule has 6 nitrogen and oxygen atoms in total. The number of aryl methyl sites for hydroxylation is 1. The quantitative estimate of drug-likeness (QED) is 0.865. The smallest absolute Gasteiger partial charge is 0.272 e. The van der Waals surface area contributed by atoms with Gasteiger partial charge in [0.25, 0.3) is 11.8 Å². The summed E-state index contributed by atoms with van der Waals surface area (Å²) in [5.74, 6) is 0.644. The van der Waals surface area contributed by atoms with E-state index in [1.54, 1.807) is 12.3 Å². The number of hydrogen-bond donors (Lipinski definition) is 0. The van der Waals surface area contributed by atoms with Gasteiger partial charge in [0.2, 0.25) is 5.67 Å². The van der Waals surface area contributed by atoms with E-state index in [0.717, 1.165) is 18.4 Å². The van der Waals surface area contributed by atoms with Crippen LogP contribution in [0.4, 0.5) is 4.39 Å². The van der Waals surface area contributed by atoms with Crippen LogP contribution in [0.2, 0.25) is 0 Å². The van der Waals surface area contributed by atoms with Crippen molar-refractivity contribution in [2.45, 2.75) is 44.2 Å². The Morgan fingerprint density at radius 2 is 2.29 bits per heavy atom. The normalized spacial score (nSPS) is 24.2. The van der Waals surface area contributed by atoms with Crippen LogP contribution in [0.1, 0.15) is 59.4 Å². The first-order chi connectivity index (χ1) is 11.6. The van der Waals surface area contributed by atoms with Gasteiger partial charge >= 0.3 is 0 Å². The second-order valence-corrected chi connectivity index (χ2v) is 6.70. The molecule has 0 aromatic carbocycles. The Bertz CT molecular complexity index is 773. The van der Waals surface area contributed by atoms with Crippen LogP contribution in [0.3, 0.4) is 0 Å². The number of aromatic nitrogens is 3. The number of pyridine rings is 1. The summed E-state index contributed by atoms with van der Waals surface area (Å²) in [6, 6.07) is 3.60. The highest BCUT2D eigenvalue weighted by Crippen LogP contribution is 2.41. The number of rotatable bonds is 3. The predicted octanol–water partition coefficient (Wildman–Crippen LogP) is 2.75. The molecule has 0 radical (unpaired) electrons. The molecule has 7 heteroatoms. The molecule has 2 aromatic heterocycles. The number of hydrogen-bond acceptors (Lipinski definition) is 5. The van der Waals surface area contributed by atoms with Gasteiger partial charge in [0.05, 0.1) is 6.54 Å². The largest absolute Gasteiger partial charge is 0.336 e. The second kappa shape index (κ2) is 5.65. The molecule has 1 saturated carbocycles. The Labute approximate surface area is 139 Å². The van der Waals surface area contributed by atoms with Gasteiger partial charge < -0.3 is 9.42 Å². The molecule has 1 aliphatic heterocycles. The summed E-state index contributed by atoms with van der Waals surface area (Å²) in [6.45, 7) is 2.26. The fourth-order valence-electron chi connectivity index (χ4n) is 3.14. The van der Waals surface area contributed by atoms with E-state index in [9.17, 15) is 4.79 Å². The van der Waals surface area contributed by atoms with Crippen LogP contribution in [0, 0.1) is 6.92 Å². The zero-order chi connectivity index (χ0) is 16.7. The van der Waals surface area contributed by atoms with Crippen LogP contribution in [0.5, 0.6) is 0 Å². The van der Waals surface area contributed by atoms with E-state index in [2.05, 4.69) is 15.1 Å². The van der Waals surface area contributed by atoms with Gasteiger partial charge in [-0.1, -0.05) is 11.2 Å². The van der Waals surface area contributed by atoms with Gasteiger partial charge in [-0.2, -0.15) is 4.98 Å². The van der Waals surface area contributed by atoms with Crippen LogP contribution < -0.4 is 0 Å². The van der Waals surface area contributed by atoms with E-state index in [4.69, 9.17) is 4.52 Å². The molecule has 1 atom stereocenters. The summed E-state index contributed by atoms with van der Waals surface area (Å²) in [4.78, 5) is 22.6. The Balaban J connectivity index is 1.56. The minimum atomic E-state index is -1.78. The van der Waals surface area contributed by atoms with Crippen molar-refractivity contribution in [2.24, 2.45) is 0 Å². The van der Waals surface area contributed by atoms with Gasteiger partial charge in [-0.25, -0.2) is 4.39 Å². The van der Waals surface area contributed by atoms with Gasteiger partial charge in [-0.05, 0) is 44.2 Å². The van der Waals surface area contributed by atoms with Crippen LogP contribution >= 0.6 is 0 Å². The molecule has 2 aromatic rings. The zero-order valence-corrected chi connectivity index (χ0v) is 13.5. The lowest BCUT2D eigenvalue weighted by Crippen LogP contribution is -2.47. The van der Waals surface area contributed by atoms with Crippen molar-refractivity contribution in [3.05, 3.63) is 41.3 Å². The first kappa shape index (κ1) is 15.2. The molecule has 1 amide bonds. The van der Waals surface area contributed by atoms with E-state index in [0.29, 0.717) is 30.4 Å². The zero-order valence-electron chi connectivity index (χ0n) is 13.5. The molecule has 2 fully saturated rings. The lowest BCUT2D eigenvalue weighted by Gasteiger charge is -2.35. The molecule has 3 heterocycles. The number of carbonyl (C=O) groups excluding carboxylic acids is 1. The molecule has 1 unspecified atom stereocenters. The third-order valence-corrected chi connectivity index (χ3v) is 4.71. The molecule has 4 rings (SSSR count). The van der Waals surface area contributed by atoms with Crippen LogP contribution in [0.15, 0.2) is 22.9 Å². The minimum Gasteiger partial charge on any atom is -0.336 e. The molecule has 24 heavy (non-hydrogen) atoms. The van der Waals surface area contributed by atoms with E-state index < -0.39 is 5.67 Å². The topological polar surface area (TPSA) is 72.1 Å². The van der Waals surface area contributed by atoms with E-state index in [1.165, 1.54) is 4.90 Å². The number of piperidine rings is 1. The molecule has 0 bridgehead atoms. The van der Waals surface area contributed by atoms with Gasteiger partial charge in [-0.3, -0.25) is 9.78 Å². The van der Waals surface area contributed by atoms with E-state index in [1.807, 2.05) is 13.0 Å². The molecule has 1 saturated heterocycles. The fourth-order valence-corrected chi connectivity index (χ4v) is 3.14. The Morgan fingerprint density at radius 3 is 3.04 bits per heavy atom. The molecule has 126 valence electrons. The number of alkyl halides is 1. The van der Waals surface area contributed by atoms with Crippen LogP contribution in [0.25, 0.3) is 0 Å². The van der Waals surface area contributed by atoms with Gasteiger partial charge in [0.15, 0.2) is 5.82 Å². The highest BCUT2D eigenvalue weighted by atomic mass is 19.1. The summed E-state index contributed by atoms with van der Waals surface area (Å²) in [6.07, 6.45) is 4.47. The standard InChI is InChI=1S/C17H19FN4O2/c1-11-4-2-8-19-13(11)15(23)22-9-3-7-17(18,10-22)16-20-14(21-24-16)12-5-6-12/h2,4,8,12H,3,5-7,9-10H2,1H3. The van der Waals surface area contributed by atoms with Crippen molar-refractivity contribution in [1.29, 1.82) is 0 Å². The van der Waals surface area contributed by atoms with Crippen molar-refractivity contribution >= 4 is 5.91 Å². The number of nitrogens with zero attached hydrogens (tertiary/aromatic N) is 4. The van der Waals surface area contributed by atoms with Crippen molar-refractivity contribution < 1.29 is 13.7 Å². The monoisotopic (exact) mass is 330 g/mol. The summed E-state index contributed by atoms with van der Waals surface area (Å²) < 4.78 is 20.6. The lowest BCUT2D eigenvalue weighted by molar-refractivity contribution is 0.0149. The van der Waals surface area contributed by atoms with Crippen molar-refractivity contribution in [3.63, 3.8) is 0 Å². The minimum absolute atomic E-state index is 0.000331. The van der Waals surface area contributed by atoms with Crippen molar-refractivity contribution in [1.82, 2.24) is 20.0 Å². The molecule has 2 aliphatic rings. The molecule has 0 spiro atoms. The average Bonchev–Trinajstić information content (AvgIpc) is 3.31. The summed E-state index contributed by atoms with van der Waals surface area (Å²) in [7, 11) is 0. The third-order valence-electron chi connectivity index (χ3n) is 4.71. The predicted molar refractivity (Wildman–Crippen MR) is 83.2 cm³/mol. The van der Waals surface area contributed by atoms with E-state index in [-0.39, 0.29) is 24.8 Å². The van der Waals surface area contributed by atoms with Gasteiger partial charge in [0.1, 0.15) is 5.69 Å². The van der Waals surface area contributed by atoms with Crippen molar-refractivity contribution in [3.8, 4) is 0 Å². The molecular formula is C17H19FN4O2.